The minimum absolute atomic E-state index is 0.131. The number of pyridine rings is 1. The van der Waals surface area contributed by atoms with Crippen molar-refractivity contribution in [2.45, 2.75) is 39.7 Å². The molecule has 26 heavy (non-hydrogen) atoms. The van der Waals surface area contributed by atoms with E-state index < -0.39 is 0 Å². The molecule has 5 heterocycles. The van der Waals surface area contributed by atoms with Crippen molar-refractivity contribution in [3.05, 3.63) is 57.3 Å². The van der Waals surface area contributed by atoms with Crippen LogP contribution in [0.1, 0.15) is 35.0 Å². The third kappa shape index (κ3) is 2.21. The Labute approximate surface area is 152 Å². The molecule has 0 spiro atoms. The minimum Gasteiger partial charge on any atom is -0.355 e. The first-order valence-electron chi connectivity index (χ1n) is 9.29. The van der Waals surface area contributed by atoms with Crippen molar-refractivity contribution < 1.29 is 0 Å². The van der Waals surface area contributed by atoms with Gasteiger partial charge in [-0.05, 0) is 39.2 Å². The average Bonchev–Trinajstić information content (AvgIpc) is 2.90. The third-order valence-electron chi connectivity index (χ3n) is 5.97. The first kappa shape index (κ1) is 15.6. The molecule has 0 N–H and O–H groups in total. The molecule has 0 amide bonds. The van der Waals surface area contributed by atoms with E-state index in [9.17, 15) is 4.79 Å². The number of aryl methyl sites for hydroxylation is 3. The fraction of sp³-hybridized carbons (Fsp3) is 0.450. The normalized spacial score (nSPS) is 21.9. The van der Waals surface area contributed by atoms with Gasteiger partial charge in [-0.25, -0.2) is 4.98 Å². The summed E-state index contributed by atoms with van der Waals surface area (Å²) in [6, 6.07) is 7.81. The smallest absolute Gasteiger partial charge is 0.250 e. The summed E-state index contributed by atoms with van der Waals surface area (Å²) >= 11 is 0. The van der Waals surface area contributed by atoms with Gasteiger partial charge in [0.05, 0.1) is 5.69 Å². The summed E-state index contributed by atoms with van der Waals surface area (Å²) in [5, 5.41) is 4.74. The second kappa shape index (κ2) is 5.43. The lowest BCUT2D eigenvalue weighted by Gasteiger charge is -2.43. The van der Waals surface area contributed by atoms with Crippen LogP contribution in [-0.2, 0) is 6.54 Å². The first-order chi connectivity index (χ1) is 12.5. The van der Waals surface area contributed by atoms with Gasteiger partial charge in [-0.1, -0.05) is 6.07 Å². The molecule has 2 aliphatic heterocycles. The molecule has 2 atom stereocenters. The van der Waals surface area contributed by atoms with Crippen LogP contribution in [-0.4, -0.2) is 32.3 Å². The lowest BCUT2D eigenvalue weighted by Crippen LogP contribution is -2.47. The standard InChI is InChI=1S/C20H23N5O/c1-12-7-18(25-20(21-12)13(2)14(3)22-25)23-9-15-8-16(11-23)17-5-4-6-19(26)24(17)10-15/h4-7,15-16H,8-11H2,1-3H3. The predicted octanol–water partition coefficient (Wildman–Crippen LogP) is 2.44. The van der Waals surface area contributed by atoms with Gasteiger partial charge < -0.3 is 9.47 Å². The van der Waals surface area contributed by atoms with E-state index in [1.165, 1.54) is 5.69 Å². The van der Waals surface area contributed by atoms with E-state index in [4.69, 9.17) is 10.1 Å². The van der Waals surface area contributed by atoms with Crippen LogP contribution in [0.15, 0.2) is 29.1 Å². The van der Waals surface area contributed by atoms with Gasteiger partial charge in [0.25, 0.3) is 5.56 Å². The SMILES string of the molecule is Cc1cc(N2CC3CC(C2)c2cccc(=O)n2C3)n2nc(C)c(C)c2n1. The van der Waals surface area contributed by atoms with Gasteiger partial charge in [-0.2, -0.15) is 9.61 Å². The zero-order chi connectivity index (χ0) is 18.0. The second-order valence-electron chi connectivity index (χ2n) is 7.80. The van der Waals surface area contributed by atoms with E-state index in [0.717, 1.165) is 54.5 Å². The Morgan fingerprint density at radius 2 is 1.96 bits per heavy atom. The van der Waals surface area contributed by atoms with Gasteiger partial charge >= 0.3 is 0 Å². The van der Waals surface area contributed by atoms with Crippen molar-refractivity contribution in [1.29, 1.82) is 0 Å². The number of anilines is 1. The molecule has 6 nitrogen and oxygen atoms in total. The Hall–Kier alpha value is -2.63. The summed E-state index contributed by atoms with van der Waals surface area (Å²) in [4.78, 5) is 19.4. The highest BCUT2D eigenvalue weighted by atomic mass is 16.1. The van der Waals surface area contributed by atoms with Crippen molar-refractivity contribution in [2.24, 2.45) is 5.92 Å². The van der Waals surface area contributed by atoms with Crippen molar-refractivity contribution in [2.75, 3.05) is 18.0 Å². The van der Waals surface area contributed by atoms with E-state index >= 15 is 0 Å². The molecular formula is C20H23N5O. The monoisotopic (exact) mass is 349 g/mol. The van der Waals surface area contributed by atoms with Gasteiger partial charge in [-0.15, -0.1) is 0 Å². The largest absolute Gasteiger partial charge is 0.355 e. The van der Waals surface area contributed by atoms with Gasteiger partial charge in [0.2, 0.25) is 0 Å². The summed E-state index contributed by atoms with van der Waals surface area (Å²) in [7, 11) is 0. The predicted molar refractivity (Wildman–Crippen MR) is 101 cm³/mol. The molecule has 2 aliphatic rings. The number of aromatic nitrogens is 4. The molecular weight excluding hydrogens is 326 g/mol. The molecule has 2 bridgehead atoms. The number of hydrogen-bond acceptors (Lipinski definition) is 4. The van der Waals surface area contributed by atoms with E-state index in [0.29, 0.717) is 11.8 Å². The fourth-order valence-corrected chi connectivity index (χ4v) is 4.64. The Morgan fingerprint density at radius 1 is 1.12 bits per heavy atom. The van der Waals surface area contributed by atoms with Crippen molar-refractivity contribution in [3.8, 4) is 0 Å². The average molecular weight is 349 g/mol. The van der Waals surface area contributed by atoms with Crippen molar-refractivity contribution in [1.82, 2.24) is 19.2 Å². The number of fused-ring (bicyclic) bond motifs is 5. The van der Waals surface area contributed by atoms with Gasteiger partial charge in [0, 0.05) is 54.6 Å². The van der Waals surface area contributed by atoms with E-state index in [1.807, 2.05) is 29.0 Å². The fourth-order valence-electron chi connectivity index (χ4n) is 4.64. The summed E-state index contributed by atoms with van der Waals surface area (Å²) in [6.07, 6.45) is 1.16. The topological polar surface area (TPSA) is 55.4 Å². The highest BCUT2D eigenvalue weighted by molar-refractivity contribution is 5.57. The van der Waals surface area contributed by atoms with E-state index in [-0.39, 0.29) is 5.56 Å². The van der Waals surface area contributed by atoms with Crippen molar-refractivity contribution in [3.63, 3.8) is 0 Å². The number of rotatable bonds is 1. The molecule has 0 aliphatic carbocycles. The van der Waals surface area contributed by atoms with E-state index in [2.05, 4.69) is 24.0 Å². The molecule has 1 fully saturated rings. The van der Waals surface area contributed by atoms with Crippen LogP contribution in [0, 0.1) is 26.7 Å². The number of piperidine rings is 1. The summed E-state index contributed by atoms with van der Waals surface area (Å²) < 4.78 is 3.97. The highest BCUT2D eigenvalue weighted by Gasteiger charge is 2.35. The second-order valence-corrected chi connectivity index (χ2v) is 7.80. The molecule has 2 unspecified atom stereocenters. The molecule has 6 heteroatoms. The maximum atomic E-state index is 12.2. The quantitative estimate of drug-likeness (QED) is 0.677. The van der Waals surface area contributed by atoms with Crippen LogP contribution in [0.3, 0.4) is 0 Å². The van der Waals surface area contributed by atoms with E-state index in [1.54, 1.807) is 6.07 Å². The van der Waals surface area contributed by atoms with Gasteiger partial charge in [0.1, 0.15) is 5.82 Å². The van der Waals surface area contributed by atoms with Crippen LogP contribution < -0.4 is 10.5 Å². The highest BCUT2D eigenvalue weighted by Crippen LogP contribution is 2.37. The van der Waals surface area contributed by atoms with Gasteiger partial charge in [0.15, 0.2) is 5.65 Å². The lowest BCUT2D eigenvalue weighted by atomic mass is 9.83. The van der Waals surface area contributed by atoms with Crippen LogP contribution >= 0.6 is 0 Å². The van der Waals surface area contributed by atoms with Gasteiger partial charge in [-0.3, -0.25) is 4.79 Å². The summed E-state index contributed by atoms with van der Waals surface area (Å²) in [6.45, 7) is 8.85. The van der Waals surface area contributed by atoms with Crippen LogP contribution in [0.5, 0.6) is 0 Å². The van der Waals surface area contributed by atoms with Crippen LogP contribution in [0.25, 0.3) is 5.65 Å². The molecule has 1 saturated heterocycles. The Balaban J connectivity index is 1.61. The number of hydrogen-bond donors (Lipinski definition) is 0. The maximum absolute atomic E-state index is 12.2. The minimum atomic E-state index is 0.131. The zero-order valence-electron chi connectivity index (χ0n) is 15.4. The molecule has 0 radical (unpaired) electrons. The zero-order valence-corrected chi connectivity index (χ0v) is 15.4. The van der Waals surface area contributed by atoms with Crippen LogP contribution in [0.4, 0.5) is 5.82 Å². The Bertz CT molecular complexity index is 1080. The van der Waals surface area contributed by atoms with Crippen molar-refractivity contribution >= 4 is 11.5 Å². The molecule has 0 saturated carbocycles. The molecule has 134 valence electrons. The van der Waals surface area contributed by atoms with Crippen LogP contribution in [0.2, 0.25) is 0 Å². The first-order valence-corrected chi connectivity index (χ1v) is 9.29. The summed E-state index contributed by atoms with van der Waals surface area (Å²) in [5.41, 5.74) is 5.44. The Kier molecular flexibility index (Phi) is 3.26. The molecule has 5 rings (SSSR count). The molecule has 0 aromatic carbocycles. The number of nitrogens with zero attached hydrogens (tertiary/aromatic N) is 5. The Morgan fingerprint density at radius 3 is 2.81 bits per heavy atom. The lowest BCUT2D eigenvalue weighted by molar-refractivity contribution is 0.280. The maximum Gasteiger partial charge on any atom is 0.250 e. The molecule has 3 aromatic heterocycles. The molecule has 3 aromatic rings. The summed E-state index contributed by atoms with van der Waals surface area (Å²) in [5.74, 6) is 1.99. The third-order valence-corrected chi connectivity index (χ3v) is 5.97.